The zero-order chi connectivity index (χ0) is 17.5. The Hall–Kier alpha value is -2.43. The highest BCUT2D eigenvalue weighted by atomic mass is 16.3. The van der Waals surface area contributed by atoms with Gasteiger partial charge in [-0.25, -0.2) is 15.0 Å². The molecular weight excluding hydrogens is 302 g/mol. The molecule has 0 spiro atoms. The Balaban J connectivity index is 1.95. The number of hydrogen-bond donors (Lipinski definition) is 0. The van der Waals surface area contributed by atoms with Gasteiger partial charge in [0.25, 0.3) is 0 Å². The summed E-state index contributed by atoms with van der Waals surface area (Å²) in [5, 5.41) is 0. The summed E-state index contributed by atoms with van der Waals surface area (Å²) in [4.78, 5) is 13.7. The molecule has 0 N–H and O–H groups in total. The van der Waals surface area contributed by atoms with Crippen LogP contribution in [0.15, 0.2) is 39.6 Å². The van der Waals surface area contributed by atoms with Crippen molar-refractivity contribution < 1.29 is 8.83 Å². The van der Waals surface area contributed by atoms with E-state index in [0.29, 0.717) is 23.2 Å². The molecule has 0 aliphatic carbocycles. The summed E-state index contributed by atoms with van der Waals surface area (Å²) in [6, 6.07) is 5.64. The average molecular weight is 325 g/mol. The van der Waals surface area contributed by atoms with Crippen LogP contribution in [0.1, 0.15) is 52.9 Å². The quantitative estimate of drug-likeness (QED) is 0.664. The lowest BCUT2D eigenvalue weighted by Gasteiger charge is -2.13. The van der Waals surface area contributed by atoms with E-state index in [0.717, 1.165) is 11.4 Å². The third-order valence-corrected chi connectivity index (χ3v) is 3.73. The molecular formula is C19H23N3O2. The summed E-state index contributed by atoms with van der Waals surface area (Å²) in [5.74, 6) is 1.01. The van der Waals surface area contributed by atoms with E-state index in [-0.39, 0.29) is 10.8 Å². The number of aromatic nitrogens is 3. The van der Waals surface area contributed by atoms with Crippen molar-refractivity contribution in [3.63, 3.8) is 0 Å². The molecule has 0 unspecified atom stereocenters. The van der Waals surface area contributed by atoms with Crippen LogP contribution >= 0.6 is 0 Å². The molecule has 0 amide bonds. The summed E-state index contributed by atoms with van der Waals surface area (Å²) in [7, 11) is 0. The second kappa shape index (κ2) is 5.58. The maximum atomic E-state index is 5.60. The predicted molar refractivity (Wildman–Crippen MR) is 92.6 cm³/mol. The SMILES string of the molecule is CC(C)(C)c1coc(-c2cccc(-c3nc(C(C)(C)C)co3)n2)n1. The van der Waals surface area contributed by atoms with Crippen molar-refractivity contribution in [2.75, 3.05) is 0 Å². The Morgan fingerprint density at radius 1 is 0.667 bits per heavy atom. The standard InChI is InChI=1S/C19H23N3O2/c1-18(2,3)14-10-23-16(21-14)12-8-7-9-13(20-12)17-22-15(11-24-17)19(4,5)6/h7-11H,1-6H3. The Bertz CT molecular complexity index is 780. The molecule has 3 aromatic rings. The molecule has 24 heavy (non-hydrogen) atoms. The topological polar surface area (TPSA) is 65.0 Å². The van der Waals surface area contributed by atoms with Crippen molar-refractivity contribution in [1.29, 1.82) is 0 Å². The minimum atomic E-state index is -0.0659. The van der Waals surface area contributed by atoms with Crippen molar-refractivity contribution in [3.8, 4) is 23.2 Å². The Kier molecular flexibility index (Phi) is 3.82. The van der Waals surface area contributed by atoms with Crippen LogP contribution in [0.5, 0.6) is 0 Å². The molecule has 0 fully saturated rings. The van der Waals surface area contributed by atoms with Crippen molar-refractivity contribution in [1.82, 2.24) is 15.0 Å². The van der Waals surface area contributed by atoms with E-state index < -0.39 is 0 Å². The van der Waals surface area contributed by atoms with Crippen molar-refractivity contribution in [3.05, 3.63) is 42.1 Å². The van der Waals surface area contributed by atoms with Gasteiger partial charge in [-0.1, -0.05) is 47.6 Å². The fourth-order valence-electron chi connectivity index (χ4n) is 2.14. The maximum Gasteiger partial charge on any atom is 0.245 e. The highest BCUT2D eigenvalue weighted by Crippen LogP contribution is 2.28. The van der Waals surface area contributed by atoms with Gasteiger partial charge in [0, 0.05) is 10.8 Å². The minimum Gasteiger partial charge on any atom is -0.443 e. The monoisotopic (exact) mass is 325 g/mol. The summed E-state index contributed by atoms with van der Waals surface area (Å²) in [6.07, 6.45) is 3.37. The van der Waals surface area contributed by atoms with Crippen LogP contribution in [0.4, 0.5) is 0 Å². The molecule has 0 saturated heterocycles. The van der Waals surface area contributed by atoms with Gasteiger partial charge >= 0.3 is 0 Å². The van der Waals surface area contributed by atoms with Gasteiger partial charge in [0.2, 0.25) is 11.8 Å². The molecule has 126 valence electrons. The molecule has 0 radical (unpaired) electrons. The summed E-state index contributed by atoms with van der Waals surface area (Å²) in [6.45, 7) is 12.6. The molecule has 0 saturated carbocycles. The fraction of sp³-hybridized carbons (Fsp3) is 0.421. The third-order valence-electron chi connectivity index (χ3n) is 3.73. The van der Waals surface area contributed by atoms with Gasteiger partial charge in [-0.05, 0) is 12.1 Å². The van der Waals surface area contributed by atoms with Crippen molar-refractivity contribution >= 4 is 0 Å². The Labute approximate surface area is 142 Å². The van der Waals surface area contributed by atoms with Gasteiger partial charge in [0.05, 0.1) is 11.4 Å². The molecule has 0 aliphatic rings. The highest BCUT2D eigenvalue weighted by molar-refractivity contribution is 5.55. The number of nitrogens with zero attached hydrogens (tertiary/aromatic N) is 3. The van der Waals surface area contributed by atoms with E-state index in [1.165, 1.54) is 0 Å². The van der Waals surface area contributed by atoms with Crippen molar-refractivity contribution in [2.24, 2.45) is 0 Å². The van der Waals surface area contributed by atoms with Crippen LogP contribution in [0.2, 0.25) is 0 Å². The van der Waals surface area contributed by atoms with Crippen LogP contribution in [0.3, 0.4) is 0 Å². The first-order valence-electron chi connectivity index (χ1n) is 8.04. The zero-order valence-electron chi connectivity index (χ0n) is 15.0. The third kappa shape index (κ3) is 3.25. The smallest absolute Gasteiger partial charge is 0.245 e. The Morgan fingerprint density at radius 2 is 1.08 bits per heavy atom. The van der Waals surface area contributed by atoms with Gasteiger partial charge in [-0.15, -0.1) is 0 Å². The molecule has 5 heteroatoms. The van der Waals surface area contributed by atoms with Crippen molar-refractivity contribution in [2.45, 2.75) is 52.4 Å². The zero-order valence-corrected chi connectivity index (χ0v) is 15.0. The van der Waals surface area contributed by atoms with Gasteiger partial charge in [0.1, 0.15) is 23.9 Å². The lowest BCUT2D eigenvalue weighted by Crippen LogP contribution is -2.11. The van der Waals surface area contributed by atoms with Gasteiger partial charge in [-0.3, -0.25) is 0 Å². The largest absolute Gasteiger partial charge is 0.443 e. The number of pyridine rings is 1. The van der Waals surface area contributed by atoms with E-state index in [4.69, 9.17) is 8.83 Å². The maximum absolute atomic E-state index is 5.60. The molecule has 3 rings (SSSR count). The predicted octanol–water partition coefficient (Wildman–Crippen LogP) is 4.99. The number of rotatable bonds is 2. The Morgan fingerprint density at radius 3 is 1.42 bits per heavy atom. The van der Waals surface area contributed by atoms with Gasteiger partial charge < -0.3 is 8.83 Å². The van der Waals surface area contributed by atoms with E-state index in [1.807, 2.05) is 18.2 Å². The van der Waals surface area contributed by atoms with Gasteiger partial charge in [0.15, 0.2) is 0 Å². The summed E-state index contributed by atoms with van der Waals surface area (Å²) in [5.41, 5.74) is 3.00. The molecule has 0 bridgehead atoms. The van der Waals surface area contributed by atoms with Crippen LogP contribution in [0.25, 0.3) is 23.2 Å². The molecule has 0 atom stereocenters. The second-order valence-corrected chi connectivity index (χ2v) is 7.98. The molecule has 3 aromatic heterocycles. The van der Waals surface area contributed by atoms with Crippen LogP contribution in [-0.4, -0.2) is 15.0 Å². The molecule has 0 aromatic carbocycles. The minimum absolute atomic E-state index is 0.0659. The molecule has 5 nitrogen and oxygen atoms in total. The summed E-state index contributed by atoms with van der Waals surface area (Å²) >= 11 is 0. The molecule has 0 aliphatic heterocycles. The molecule has 3 heterocycles. The highest BCUT2D eigenvalue weighted by Gasteiger charge is 2.22. The second-order valence-electron chi connectivity index (χ2n) is 7.98. The first kappa shape index (κ1) is 16.4. The first-order chi connectivity index (χ1) is 11.1. The first-order valence-corrected chi connectivity index (χ1v) is 8.04. The van der Waals surface area contributed by atoms with Crippen LogP contribution < -0.4 is 0 Å². The lowest BCUT2D eigenvalue weighted by atomic mass is 9.93. The average Bonchev–Trinajstić information content (AvgIpc) is 3.16. The lowest BCUT2D eigenvalue weighted by molar-refractivity contribution is 0.542. The van der Waals surface area contributed by atoms with E-state index in [2.05, 4.69) is 56.5 Å². The van der Waals surface area contributed by atoms with Gasteiger partial charge in [-0.2, -0.15) is 0 Å². The summed E-state index contributed by atoms with van der Waals surface area (Å²) < 4.78 is 11.2. The van der Waals surface area contributed by atoms with Crippen LogP contribution in [0, 0.1) is 0 Å². The number of oxazole rings is 2. The van der Waals surface area contributed by atoms with E-state index >= 15 is 0 Å². The normalized spacial score (nSPS) is 12.6. The van der Waals surface area contributed by atoms with Crippen LogP contribution in [-0.2, 0) is 10.8 Å². The number of hydrogen-bond acceptors (Lipinski definition) is 5. The van der Waals surface area contributed by atoms with E-state index in [9.17, 15) is 0 Å². The van der Waals surface area contributed by atoms with E-state index in [1.54, 1.807) is 12.5 Å². The fourth-order valence-corrected chi connectivity index (χ4v) is 2.14.